The second kappa shape index (κ2) is 11.8. The number of allylic oxidation sites excluding steroid dienone is 6. The molecule has 1 aliphatic heterocycles. The second-order valence-corrected chi connectivity index (χ2v) is 6.61. The maximum absolute atomic E-state index is 5.45. The lowest BCUT2D eigenvalue weighted by Gasteiger charge is -2.24. The van der Waals surface area contributed by atoms with Gasteiger partial charge in [-0.1, -0.05) is 30.4 Å². The van der Waals surface area contributed by atoms with Gasteiger partial charge in [0.25, 0.3) is 0 Å². The topological polar surface area (TPSA) is 54.5 Å². The normalized spacial score (nSPS) is 20.4. The number of rotatable bonds is 10. The Morgan fingerprint density at radius 3 is 3.16 bits per heavy atom. The molecule has 0 amide bonds. The summed E-state index contributed by atoms with van der Waals surface area (Å²) in [6, 6.07) is 0. The van der Waals surface area contributed by atoms with Crippen molar-refractivity contribution in [2.45, 2.75) is 26.7 Å². The van der Waals surface area contributed by atoms with Gasteiger partial charge in [-0.3, -0.25) is 5.48 Å². The first-order valence-electron chi connectivity index (χ1n) is 8.72. The molecule has 0 aromatic carbocycles. The summed E-state index contributed by atoms with van der Waals surface area (Å²) < 4.78 is 5.45. The molecule has 0 saturated heterocycles. The highest BCUT2D eigenvalue weighted by molar-refractivity contribution is 7.99. The van der Waals surface area contributed by atoms with Gasteiger partial charge in [0.1, 0.15) is 0 Å². The summed E-state index contributed by atoms with van der Waals surface area (Å²) >= 11 is 1.68. The van der Waals surface area contributed by atoms with E-state index in [9.17, 15) is 0 Å². The van der Waals surface area contributed by atoms with Crippen molar-refractivity contribution in [2.75, 3.05) is 25.2 Å². The van der Waals surface area contributed by atoms with Crippen molar-refractivity contribution in [3.05, 3.63) is 59.6 Å². The Morgan fingerprint density at radius 1 is 1.40 bits per heavy atom. The highest BCUT2D eigenvalue weighted by atomic mass is 32.2. The summed E-state index contributed by atoms with van der Waals surface area (Å²) in [5.41, 5.74) is 6.27. The van der Waals surface area contributed by atoms with Gasteiger partial charge < -0.3 is 15.4 Å². The van der Waals surface area contributed by atoms with Gasteiger partial charge in [-0.2, -0.15) is 0 Å². The summed E-state index contributed by atoms with van der Waals surface area (Å²) in [4.78, 5) is 5.26. The van der Waals surface area contributed by atoms with Crippen LogP contribution in [0, 0.1) is 5.92 Å². The molecule has 0 bridgehead atoms. The first-order valence-corrected chi connectivity index (χ1v) is 9.88. The van der Waals surface area contributed by atoms with Crippen LogP contribution in [0.2, 0.25) is 0 Å². The highest BCUT2D eigenvalue weighted by Crippen LogP contribution is 2.25. The molecule has 0 saturated carbocycles. The number of nitrogens with one attached hydrogen (secondary N) is 3. The molecule has 0 aromatic heterocycles. The van der Waals surface area contributed by atoms with Crippen LogP contribution < -0.4 is 16.1 Å². The van der Waals surface area contributed by atoms with Crippen LogP contribution >= 0.6 is 11.8 Å². The van der Waals surface area contributed by atoms with E-state index in [1.807, 2.05) is 32.1 Å². The molecule has 0 spiro atoms. The summed E-state index contributed by atoms with van der Waals surface area (Å²) in [5.74, 6) is 1.88. The maximum Gasteiger partial charge on any atom is 0.174 e. The van der Waals surface area contributed by atoms with Crippen molar-refractivity contribution >= 4 is 11.8 Å². The average molecular weight is 364 g/mol. The zero-order chi connectivity index (χ0) is 17.7. The van der Waals surface area contributed by atoms with E-state index in [1.54, 1.807) is 11.8 Å². The number of hydrogen-bond acceptors (Lipinski definition) is 6. The van der Waals surface area contributed by atoms with Gasteiger partial charge in [0, 0.05) is 18.2 Å². The quantitative estimate of drug-likeness (QED) is 0.181. The van der Waals surface area contributed by atoms with Gasteiger partial charge in [-0.25, -0.2) is 4.84 Å². The van der Waals surface area contributed by atoms with E-state index < -0.39 is 0 Å². The van der Waals surface area contributed by atoms with Gasteiger partial charge in [-0.15, -0.1) is 11.8 Å². The van der Waals surface area contributed by atoms with Gasteiger partial charge in [0.2, 0.25) is 0 Å². The predicted molar refractivity (Wildman–Crippen MR) is 105 cm³/mol. The fraction of sp³-hybridized carbons (Fsp3) is 0.474. The van der Waals surface area contributed by atoms with E-state index in [0.29, 0.717) is 11.9 Å². The lowest BCUT2D eigenvalue weighted by Crippen LogP contribution is -2.28. The SMILES string of the molecule is C/C=C\C(=C/C)NOCOCSCNC1=C2NCC=C[C@H]2CCC=C1. The molecule has 0 unspecified atom stereocenters. The Hall–Kier alpha value is -1.63. The summed E-state index contributed by atoms with van der Waals surface area (Å²) in [5, 5.41) is 7.01. The van der Waals surface area contributed by atoms with Crippen molar-refractivity contribution in [1.29, 1.82) is 0 Å². The van der Waals surface area contributed by atoms with E-state index >= 15 is 0 Å². The highest BCUT2D eigenvalue weighted by Gasteiger charge is 2.18. The lowest BCUT2D eigenvalue weighted by atomic mass is 9.97. The van der Waals surface area contributed by atoms with E-state index in [-0.39, 0.29) is 6.79 Å². The number of fused-ring (bicyclic) bond motifs is 1. The molecule has 138 valence electrons. The van der Waals surface area contributed by atoms with Crippen molar-refractivity contribution in [3.8, 4) is 0 Å². The smallest absolute Gasteiger partial charge is 0.174 e. The van der Waals surface area contributed by atoms with Gasteiger partial charge in [-0.05, 0) is 38.8 Å². The first kappa shape index (κ1) is 19.7. The van der Waals surface area contributed by atoms with Crippen LogP contribution in [0.15, 0.2) is 59.6 Å². The largest absolute Gasteiger partial charge is 0.383 e. The Kier molecular flexibility index (Phi) is 9.33. The molecule has 0 radical (unpaired) electrons. The third-order valence-electron chi connectivity index (χ3n) is 3.89. The molecule has 2 aliphatic rings. The number of hydrogen-bond donors (Lipinski definition) is 3. The zero-order valence-electron chi connectivity index (χ0n) is 15.1. The van der Waals surface area contributed by atoms with Crippen molar-refractivity contribution < 1.29 is 9.57 Å². The number of ether oxygens (including phenoxy) is 1. The molecule has 3 N–H and O–H groups in total. The van der Waals surface area contributed by atoms with Crippen LogP contribution in [-0.4, -0.2) is 25.2 Å². The third-order valence-corrected chi connectivity index (χ3v) is 4.57. The molecule has 1 heterocycles. The summed E-state index contributed by atoms with van der Waals surface area (Å²) in [7, 11) is 0. The van der Waals surface area contributed by atoms with Crippen LogP contribution in [0.4, 0.5) is 0 Å². The van der Waals surface area contributed by atoms with E-state index in [1.165, 1.54) is 17.8 Å². The Bertz CT molecular complexity index is 553. The predicted octanol–water partition coefficient (Wildman–Crippen LogP) is 3.54. The molecule has 2 rings (SSSR count). The van der Waals surface area contributed by atoms with Crippen molar-refractivity contribution in [2.24, 2.45) is 5.92 Å². The fourth-order valence-electron chi connectivity index (χ4n) is 2.67. The Balaban J connectivity index is 1.61. The van der Waals surface area contributed by atoms with E-state index in [2.05, 4.69) is 40.4 Å². The molecule has 5 nitrogen and oxygen atoms in total. The molecular weight excluding hydrogens is 334 g/mol. The lowest BCUT2D eigenvalue weighted by molar-refractivity contribution is -0.0741. The summed E-state index contributed by atoms with van der Waals surface area (Å²) in [6.07, 6.45) is 17.1. The minimum atomic E-state index is 0.212. The van der Waals surface area contributed by atoms with Gasteiger partial charge in [0.15, 0.2) is 6.79 Å². The van der Waals surface area contributed by atoms with E-state index in [0.717, 1.165) is 24.5 Å². The molecule has 1 atom stereocenters. The minimum Gasteiger partial charge on any atom is -0.383 e. The number of thioether (sulfide) groups is 1. The summed E-state index contributed by atoms with van der Waals surface area (Å²) in [6.45, 7) is 5.04. The standard InChI is InChI=1S/C19H29N3O2S/c1-3-8-17(4-2)22-24-14-23-15-25-13-21-18-11-6-5-9-16-10-7-12-20-19(16)18/h3-4,6-8,10-11,16,20-22H,5,9,12-15H2,1-2H3/b8-3-,17-4+/t16-/m1/s1. The fourth-order valence-corrected chi connectivity index (χ4v) is 3.20. The van der Waals surface area contributed by atoms with Crippen LogP contribution in [0.3, 0.4) is 0 Å². The maximum atomic E-state index is 5.45. The zero-order valence-corrected chi connectivity index (χ0v) is 15.9. The third kappa shape index (κ3) is 7.02. The van der Waals surface area contributed by atoms with Crippen LogP contribution in [-0.2, 0) is 9.57 Å². The number of hydroxylamine groups is 1. The van der Waals surface area contributed by atoms with Gasteiger partial charge >= 0.3 is 0 Å². The Labute approximate surface area is 155 Å². The molecule has 0 aromatic rings. The average Bonchev–Trinajstić information content (AvgIpc) is 2.85. The minimum absolute atomic E-state index is 0.212. The van der Waals surface area contributed by atoms with Gasteiger partial charge in [0.05, 0.1) is 23.2 Å². The second-order valence-electron chi connectivity index (χ2n) is 5.68. The molecular formula is C19H29N3O2S. The van der Waals surface area contributed by atoms with Crippen molar-refractivity contribution in [3.63, 3.8) is 0 Å². The molecule has 25 heavy (non-hydrogen) atoms. The van der Waals surface area contributed by atoms with Crippen LogP contribution in [0.25, 0.3) is 0 Å². The van der Waals surface area contributed by atoms with Crippen molar-refractivity contribution in [1.82, 2.24) is 16.1 Å². The van der Waals surface area contributed by atoms with Crippen LogP contribution in [0.5, 0.6) is 0 Å². The monoisotopic (exact) mass is 363 g/mol. The Morgan fingerprint density at radius 2 is 2.32 bits per heavy atom. The van der Waals surface area contributed by atoms with Crippen LogP contribution in [0.1, 0.15) is 26.7 Å². The molecule has 1 aliphatic carbocycles. The first-order chi connectivity index (χ1) is 12.3. The molecule has 6 heteroatoms. The van der Waals surface area contributed by atoms with E-state index in [4.69, 9.17) is 9.57 Å². The molecule has 0 fully saturated rings.